The molecular formula is C14H18ClFN2. The van der Waals surface area contributed by atoms with Crippen LogP contribution in [-0.4, -0.2) is 0 Å². The summed E-state index contributed by atoms with van der Waals surface area (Å²) in [6.45, 7) is 0. The molecule has 0 spiro atoms. The number of hydrogen-bond acceptors (Lipinski definition) is 2. The van der Waals surface area contributed by atoms with E-state index in [2.05, 4.69) is 11.5 Å². The van der Waals surface area contributed by atoms with Crippen LogP contribution in [0.3, 0.4) is 0 Å². The summed E-state index contributed by atoms with van der Waals surface area (Å²) < 4.78 is 13.9. The molecule has 18 heavy (non-hydrogen) atoms. The average molecular weight is 269 g/mol. The normalized spacial score (nSPS) is 18.1. The standard InChI is InChI=1S/C14H18ClFN2/c15-11-8-5-9-12(16)13(11)14(18-17)10-6-3-1-2-4-7-10/h5-6,8-9,14,18H,1-4,7,17H2. The van der Waals surface area contributed by atoms with Gasteiger partial charge in [-0.15, -0.1) is 0 Å². The molecule has 1 unspecified atom stereocenters. The van der Waals surface area contributed by atoms with Gasteiger partial charge in [0.1, 0.15) is 5.82 Å². The summed E-state index contributed by atoms with van der Waals surface area (Å²) in [4.78, 5) is 0. The third-order valence-electron chi connectivity index (χ3n) is 3.40. The van der Waals surface area contributed by atoms with Crippen molar-refractivity contribution in [2.75, 3.05) is 0 Å². The SMILES string of the molecule is NNC(C1=CCCCCC1)c1c(F)cccc1Cl. The van der Waals surface area contributed by atoms with E-state index in [1.54, 1.807) is 12.1 Å². The van der Waals surface area contributed by atoms with Gasteiger partial charge in [0.15, 0.2) is 0 Å². The second kappa shape index (κ2) is 6.32. The third-order valence-corrected chi connectivity index (χ3v) is 3.73. The minimum atomic E-state index is -0.322. The van der Waals surface area contributed by atoms with Crippen molar-refractivity contribution in [1.82, 2.24) is 5.43 Å². The molecule has 0 amide bonds. The Balaban J connectivity index is 2.35. The lowest BCUT2D eigenvalue weighted by Gasteiger charge is -2.21. The Hall–Kier alpha value is -0.900. The highest BCUT2D eigenvalue weighted by Crippen LogP contribution is 2.33. The molecule has 98 valence electrons. The zero-order chi connectivity index (χ0) is 13.0. The molecule has 2 rings (SSSR count). The van der Waals surface area contributed by atoms with Gasteiger partial charge in [-0.2, -0.15) is 0 Å². The number of benzene rings is 1. The van der Waals surface area contributed by atoms with E-state index < -0.39 is 0 Å². The molecule has 4 heteroatoms. The second-order valence-corrected chi connectivity index (χ2v) is 5.02. The summed E-state index contributed by atoms with van der Waals surface area (Å²) in [5.41, 5.74) is 4.30. The van der Waals surface area contributed by atoms with Crippen molar-refractivity contribution in [3.63, 3.8) is 0 Å². The van der Waals surface area contributed by atoms with Crippen LogP contribution < -0.4 is 11.3 Å². The Morgan fingerprint density at radius 1 is 1.28 bits per heavy atom. The number of nitrogens with one attached hydrogen (secondary N) is 1. The van der Waals surface area contributed by atoms with Gasteiger partial charge in [0.2, 0.25) is 0 Å². The molecule has 1 aromatic carbocycles. The number of hydrazine groups is 1. The maximum absolute atomic E-state index is 13.9. The van der Waals surface area contributed by atoms with Crippen molar-refractivity contribution in [3.8, 4) is 0 Å². The Labute approximate surface area is 112 Å². The van der Waals surface area contributed by atoms with Crippen LogP contribution in [0.2, 0.25) is 5.02 Å². The zero-order valence-electron chi connectivity index (χ0n) is 10.3. The number of nitrogens with two attached hydrogens (primary N) is 1. The predicted octanol–water partition coefficient (Wildman–Crippen LogP) is 3.87. The molecule has 0 aliphatic heterocycles. The minimum Gasteiger partial charge on any atom is -0.271 e. The van der Waals surface area contributed by atoms with E-state index in [1.807, 2.05) is 0 Å². The Morgan fingerprint density at radius 3 is 2.83 bits per heavy atom. The summed E-state index contributed by atoms with van der Waals surface area (Å²) >= 11 is 6.10. The van der Waals surface area contributed by atoms with Gasteiger partial charge in [-0.25, -0.2) is 9.82 Å². The summed E-state index contributed by atoms with van der Waals surface area (Å²) in [6.07, 6.45) is 7.66. The molecule has 1 aliphatic carbocycles. The molecule has 1 aromatic rings. The van der Waals surface area contributed by atoms with Gasteiger partial charge in [-0.05, 0) is 37.8 Å². The maximum Gasteiger partial charge on any atom is 0.129 e. The van der Waals surface area contributed by atoms with Crippen molar-refractivity contribution >= 4 is 11.6 Å². The topological polar surface area (TPSA) is 38.0 Å². The summed E-state index contributed by atoms with van der Waals surface area (Å²) in [7, 11) is 0. The minimum absolute atomic E-state index is 0.310. The number of hydrogen-bond donors (Lipinski definition) is 2. The zero-order valence-corrected chi connectivity index (χ0v) is 11.0. The van der Waals surface area contributed by atoms with Crippen LogP contribution in [0.1, 0.15) is 43.7 Å². The maximum atomic E-state index is 13.9. The Bertz CT molecular complexity index is 425. The second-order valence-electron chi connectivity index (χ2n) is 4.61. The van der Waals surface area contributed by atoms with E-state index in [9.17, 15) is 4.39 Å². The molecule has 1 aliphatic rings. The van der Waals surface area contributed by atoms with Crippen molar-refractivity contribution < 1.29 is 4.39 Å². The first-order valence-corrected chi connectivity index (χ1v) is 6.71. The molecule has 0 bridgehead atoms. The van der Waals surface area contributed by atoms with Gasteiger partial charge in [-0.1, -0.05) is 35.7 Å². The third kappa shape index (κ3) is 2.91. The first kappa shape index (κ1) is 13.5. The van der Waals surface area contributed by atoms with Crippen molar-refractivity contribution in [2.45, 2.75) is 38.1 Å². The smallest absolute Gasteiger partial charge is 0.129 e. The van der Waals surface area contributed by atoms with Crippen molar-refractivity contribution in [3.05, 3.63) is 46.3 Å². The number of allylic oxidation sites excluding steroid dienone is 1. The van der Waals surface area contributed by atoms with E-state index in [0.717, 1.165) is 24.8 Å². The molecular weight excluding hydrogens is 251 g/mol. The molecule has 0 saturated carbocycles. The fraction of sp³-hybridized carbons (Fsp3) is 0.429. The quantitative estimate of drug-likeness (QED) is 0.496. The highest BCUT2D eigenvalue weighted by Gasteiger charge is 2.22. The van der Waals surface area contributed by atoms with Gasteiger partial charge >= 0.3 is 0 Å². The molecule has 0 saturated heterocycles. The summed E-state index contributed by atoms with van der Waals surface area (Å²) in [6, 6.07) is 4.40. The van der Waals surface area contributed by atoms with Crippen LogP contribution in [0, 0.1) is 5.82 Å². The summed E-state index contributed by atoms with van der Waals surface area (Å²) in [5.74, 6) is 5.30. The molecule has 1 atom stereocenters. The molecule has 0 heterocycles. The Morgan fingerprint density at radius 2 is 2.11 bits per heavy atom. The number of rotatable bonds is 3. The van der Waals surface area contributed by atoms with Crippen LogP contribution >= 0.6 is 11.6 Å². The van der Waals surface area contributed by atoms with Gasteiger partial charge in [-0.3, -0.25) is 5.84 Å². The van der Waals surface area contributed by atoms with Crippen LogP contribution in [0.25, 0.3) is 0 Å². The van der Waals surface area contributed by atoms with E-state index >= 15 is 0 Å². The first-order chi connectivity index (χ1) is 8.74. The lowest BCUT2D eigenvalue weighted by molar-refractivity contribution is 0.542. The van der Waals surface area contributed by atoms with Crippen LogP contribution in [0.4, 0.5) is 4.39 Å². The van der Waals surface area contributed by atoms with Crippen LogP contribution in [0.5, 0.6) is 0 Å². The van der Waals surface area contributed by atoms with Crippen LogP contribution in [0.15, 0.2) is 29.8 Å². The van der Waals surface area contributed by atoms with Gasteiger partial charge in [0.05, 0.1) is 6.04 Å². The van der Waals surface area contributed by atoms with Gasteiger partial charge < -0.3 is 0 Å². The van der Waals surface area contributed by atoms with Crippen LogP contribution in [-0.2, 0) is 0 Å². The Kier molecular flexibility index (Phi) is 4.75. The number of halogens is 2. The summed E-state index contributed by atoms with van der Waals surface area (Å²) in [5, 5.41) is 0.420. The van der Waals surface area contributed by atoms with E-state index in [0.29, 0.717) is 10.6 Å². The first-order valence-electron chi connectivity index (χ1n) is 6.33. The largest absolute Gasteiger partial charge is 0.271 e. The lowest BCUT2D eigenvalue weighted by Crippen LogP contribution is -2.30. The fourth-order valence-corrected chi connectivity index (χ4v) is 2.74. The van der Waals surface area contributed by atoms with Gasteiger partial charge in [0.25, 0.3) is 0 Å². The highest BCUT2D eigenvalue weighted by molar-refractivity contribution is 6.31. The molecule has 0 aromatic heterocycles. The molecule has 0 radical (unpaired) electrons. The average Bonchev–Trinajstić information content (AvgIpc) is 2.63. The molecule has 3 N–H and O–H groups in total. The van der Waals surface area contributed by atoms with Crippen molar-refractivity contribution in [2.24, 2.45) is 5.84 Å². The molecule has 0 fully saturated rings. The molecule has 2 nitrogen and oxygen atoms in total. The lowest BCUT2D eigenvalue weighted by atomic mass is 9.95. The van der Waals surface area contributed by atoms with E-state index in [4.69, 9.17) is 17.4 Å². The van der Waals surface area contributed by atoms with Gasteiger partial charge in [0, 0.05) is 10.6 Å². The van der Waals surface area contributed by atoms with E-state index in [-0.39, 0.29) is 11.9 Å². The fourth-order valence-electron chi connectivity index (χ4n) is 2.46. The highest BCUT2D eigenvalue weighted by atomic mass is 35.5. The van der Waals surface area contributed by atoms with Crippen molar-refractivity contribution in [1.29, 1.82) is 0 Å². The van der Waals surface area contributed by atoms with E-state index in [1.165, 1.54) is 18.9 Å². The monoisotopic (exact) mass is 268 g/mol. The predicted molar refractivity (Wildman–Crippen MR) is 72.6 cm³/mol.